The second kappa shape index (κ2) is 6.62. The number of nitrogens with zero attached hydrogens (tertiary/aromatic N) is 3. The van der Waals surface area contributed by atoms with Gasteiger partial charge in [-0.15, -0.1) is 0 Å². The number of hydrogen-bond donors (Lipinski definition) is 0. The zero-order valence-electron chi connectivity index (χ0n) is 12.4. The SMILES string of the molecule is C=C/C(C#N)=c1/c(F)c(F)c2c(F)c(=C(C#N)C#N)c(F)c(F)c2c1F. The van der Waals surface area contributed by atoms with Crippen LogP contribution < -0.4 is 10.4 Å². The van der Waals surface area contributed by atoms with Gasteiger partial charge < -0.3 is 0 Å². The minimum absolute atomic E-state index is 0.642. The summed E-state index contributed by atoms with van der Waals surface area (Å²) < 4.78 is 85.8. The molecule has 0 aliphatic carbocycles. The third kappa shape index (κ3) is 2.37. The Morgan fingerprint density at radius 2 is 1.08 bits per heavy atom. The fraction of sp³-hybridized carbons (Fsp3) is 0. The van der Waals surface area contributed by atoms with Crippen molar-refractivity contribution in [2.75, 3.05) is 0 Å². The van der Waals surface area contributed by atoms with Crippen LogP contribution in [0.3, 0.4) is 0 Å². The summed E-state index contributed by atoms with van der Waals surface area (Å²) in [5.41, 5.74) is -2.10. The first-order valence-corrected chi connectivity index (χ1v) is 6.50. The topological polar surface area (TPSA) is 71.4 Å². The Bertz CT molecular complexity index is 1220. The number of halogens is 6. The molecule has 9 heteroatoms. The van der Waals surface area contributed by atoms with E-state index in [0.29, 0.717) is 6.08 Å². The van der Waals surface area contributed by atoms with Gasteiger partial charge in [-0.1, -0.05) is 12.7 Å². The van der Waals surface area contributed by atoms with Crippen molar-refractivity contribution in [1.29, 1.82) is 15.8 Å². The summed E-state index contributed by atoms with van der Waals surface area (Å²) in [4.78, 5) is 0. The van der Waals surface area contributed by atoms with Gasteiger partial charge in [0.15, 0.2) is 23.3 Å². The van der Waals surface area contributed by atoms with Crippen molar-refractivity contribution in [3.8, 4) is 18.2 Å². The van der Waals surface area contributed by atoms with Crippen molar-refractivity contribution in [1.82, 2.24) is 0 Å². The highest BCUT2D eigenvalue weighted by molar-refractivity contribution is 5.88. The molecule has 0 saturated carbocycles. The first-order valence-electron chi connectivity index (χ1n) is 6.50. The molecule has 128 valence electrons. The number of hydrogen-bond acceptors (Lipinski definition) is 3. The normalized spacial score (nSPS) is 11.3. The smallest absolute Gasteiger partial charge is 0.171 e. The summed E-state index contributed by atoms with van der Waals surface area (Å²) in [5.74, 6) is -12.4. The van der Waals surface area contributed by atoms with E-state index in [1.807, 2.05) is 0 Å². The van der Waals surface area contributed by atoms with Gasteiger partial charge in [-0.3, -0.25) is 0 Å². The first kappa shape index (κ1) is 18.6. The van der Waals surface area contributed by atoms with Gasteiger partial charge in [-0.05, 0) is 0 Å². The number of benzene rings is 2. The van der Waals surface area contributed by atoms with E-state index in [4.69, 9.17) is 15.8 Å². The lowest BCUT2D eigenvalue weighted by Gasteiger charge is -2.09. The van der Waals surface area contributed by atoms with Crippen molar-refractivity contribution >= 4 is 21.9 Å². The highest BCUT2D eigenvalue weighted by Gasteiger charge is 2.28. The summed E-state index contributed by atoms with van der Waals surface area (Å²) in [7, 11) is 0. The number of rotatable bonds is 1. The monoisotopic (exact) mass is 363 g/mol. The molecule has 0 heterocycles. The minimum Gasteiger partial charge on any atom is -0.205 e. The summed E-state index contributed by atoms with van der Waals surface area (Å²) in [6, 6.07) is 3.44. The number of allylic oxidation sites excluding steroid dienone is 1. The van der Waals surface area contributed by atoms with Crippen molar-refractivity contribution in [2.45, 2.75) is 0 Å². The lowest BCUT2D eigenvalue weighted by atomic mass is 10.0. The van der Waals surface area contributed by atoms with E-state index in [0.717, 1.165) is 12.1 Å². The van der Waals surface area contributed by atoms with Crippen LogP contribution in [0.1, 0.15) is 0 Å². The van der Waals surface area contributed by atoms with Crippen molar-refractivity contribution < 1.29 is 26.3 Å². The van der Waals surface area contributed by atoms with Crippen molar-refractivity contribution in [3.05, 3.63) is 58.0 Å². The second-order valence-corrected chi connectivity index (χ2v) is 4.71. The fourth-order valence-corrected chi connectivity index (χ4v) is 2.31. The van der Waals surface area contributed by atoms with Crippen LogP contribution >= 0.6 is 0 Å². The molecular weight excluding hydrogens is 360 g/mol. The van der Waals surface area contributed by atoms with Gasteiger partial charge in [0.1, 0.15) is 29.3 Å². The van der Waals surface area contributed by atoms with E-state index in [9.17, 15) is 26.3 Å². The Hall–Kier alpha value is -3.77. The molecule has 3 nitrogen and oxygen atoms in total. The largest absolute Gasteiger partial charge is 0.205 e. The van der Waals surface area contributed by atoms with Gasteiger partial charge in [0.05, 0.1) is 32.9 Å². The Morgan fingerprint density at radius 1 is 0.654 bits per heavy atom. The maximum Gasteiger partial charge on any atom is 0.171 e. The van der Waals surface area contributed by atoms with Gasteiger partial charge in [-0.25, -0.2) is 26.3 Å². The van der Waals surface area contributed by atoms with Crippen LogP contribution in [-0.4, -0.2) is 0 Å². The molecule has 0 fully saturated rings. The average molecular weight is 363 g/mol. The zero-order valence-corrected chi connectivity index (χ0v) is 12.4. The van der Waals surface area contributed by atoms with Gasteiger partial charge in [0, 0.05) is 0 Å². The molecule has 0 bridgehead atoms. The Balaban J connectivity index is 3.47. The Labute approximate surface area is 141 Å². The minimum atomic E-state index is -2.15. The van der Waals surface area contributed by atoms with E-state index in [1.54, 1.807) is 0 Å². The molecular formula is C17H3F6N3. The van der Waals surface area contributed by atoms with Crippen LogP contribution in [0.25, 0.3) is 21.9 Å². The van der Waals surface area contributed by atoms with E-state index in [1.165, 1.54) is 6.07 Å². The second-order valence-electron chi connectivity index (χ2n) is 4.71. The predicted molar refractivity (Wildman–Crippen MR) is 76.8 cm³/mol. The van der Waals surface area contributed by atoms with Crippen LogP contribution in [0, 0.1) is 68.9 Å². The molecule has 0 aliphatic rings. The maximum atomic E-state index is 14.5. The Morgan fingerprint density at radius 3 is 1.46 bits per heavy atom. The van der Waals surface area contributed by atoms with Crippen LogP contribution in [0.5, 0.6) is 0 Å². The summed E-state index contributed by atoms with van der Waals surface area (Å²) in [6.45, 7) is 3.08. The molecule has 0 radical (unpaired) electrons. The van der Waals surface area contributed by atoms with Crippen LogP contribution in [-0.2, 0) is 0 Å². The zero-order chi connectivity index (χ0) is 19.8. The molecule has 0 aliphatic heterocycles. The van der Waals surface area contributed by atoms with Crippen LogP contribution in [0.4, 0.5) is 26.3 Å². The molecule has 0 spiro atoms. The van der Waals surface area contributed by atoms with Crippen molar-refractivity contribution in [2.24, 2.45) is 0 Å². The molecule has 0 atom stereocenters. The number of fused-ring (bicyclic) bond motifs is 1. The lowest BCUT2D eigenvalue weighted by molar-refractivity contribution is 0.471. The molecule has 0 aromatic heterocycles. The molecule has 2 aromatic carbocycles. The Kier molecular flexibility index (Phi) is 4.73. The highest BCUT2D eigenvalue weighted by atomic mass is 19.2. The fourth-order valence-electron chi connectivity index (χ4n) is 2.31. The third-order valence-corrected chi connectivity index (χ3v) is 3.46. The van der Waals surface area contributed by atoms with Gasteiger partial charge in [-0.2, -0.15) is 15.8 Å². The van der Waals surface area contributed by atoms with E-state index in [2.05, 4.69) is 6.58 Å². The van der Waals surface area contributed by atoms with E-state index in [-0.39, 0.29) is 0 Å². The summed E-state index contributed by atoms with van der Waals surface area (Å²) in [5, 5.41) is 20.0. The molecule has 0 amide bonds. The van der Waals surface area contributed by atoms with Crippen LogP contribution in [0.2, 0.25) is 0 Å². The average Bonchev–Trinajstić information content (AvgIpc) is 2.63. The molecule has 0 saturated heterocycles. The highest BCUT2D eigenvalue weighted by Crippen LogP contribution is 2.26. The van der Waals surface area contributed by atoms with Crippen molar-refractivity contribution in [3.63, 3.8) is 0 Å². The maximum absolute atomic E-state index is 14.5. The number of nitriles is 3. The quantitative estimate of drug-likeness (QED) is 0.578. The van der Waals surface area contributed by atoms with Gasteiger partial charge >= 0.3 is 0 Å². The van der Waals surface area contributed by atoms with E-state index < -0.39 is 67.3 Å². The lowest BCUT2D eigenvalue weighted by Crippen LogP contribution is -2.25. The summed E-state index contributed by atoms with van der Waals surface area (Å²) >= 11 is 0. The molecule has 2 aromatic rings. The predicted octanol–water partition coefficient (Wildman–Crippen LogP) is 2.73. The van der Waals surface area contributed by atoms with E-state index >= 15 is 0 Å². The molecule has 0 N–H and O–H groups in total. The molecule has 2 rings (SSSR count). The standard InChI is InChI=1S/C17H3F6N3/c1-2-6(3-24)8-12(18)10-11(16(22)14(8)20)13(19)9(7(4-25)5-26)15(21)17(10)23/h2H,1H2/b8-6-. The van der Waals surface area contributed by atoms with Crippen LogP contribution in [0.15, 0.2) is 12.7 Å². The first-order chi connectivity index (χ1) is 12.3. The third-order valence-electron chi connectivity index (χ3n) is 3.46. The molecule has 0 unspecified atom stereocenters. The molecule has 26 heavy (non-hydrogen) atoms. The van der Waals surface area contributed by atoms with Gasteiger partial charge in [0.25, 0.3) is 0 Å². The summed E-state index contributed by atoms with van der Waals surface area (Å²) in [6.07, 6.45) is 0.642. The van der Waals surface area contributed by atoms with Gasteiger partial charge in [0.2, 0.25) is 0 Å².